The zero-order valence-corrected chi connectivity index (χ0v) is 13.7. The van der Waals surface area contributed by atoms with Crippen LogP contribution in [-0.4, -0.2) is 72.5 Å². The Balaban J connectivity index is 1.51. The number of H-pyrrole nitrogens is 1. The highest BCUT2D eigenvalue weighted by Crippen LogP contribution is 2.17. The van der Waals surface area contributed by atoms with Gasteiger partial charge in [0.1, 0.15) is 0 Å². The second kappa shape index (κ2) is 6.99. The van der Waals surface area contributed by atoms with E-state index in [-0.39, 0.29) is 0 Å². The Bertz CT molecular complexity index is 788. The molecule has 1 saturated heterocycles. The lowest BCUT2D eigenvalue weighted by atomic mass is 10.3. The predicted octanol–water partition coefficient (Wildman–Crippen LogP) is 0.0685. The fourth-order valence-electron chi connectivity index (χ4n) is 3.11. The van der Waals surface area contributed by atoms with E-state index in [2.05, 4.69) is 30.4 Å². The lowest BCUT2D eigenvalue weighted by Gasteiger charge is -2.22. The van der Waals surface area contributed by atoms with Gasteiger partial charge >= 0.3 is 0 Å². The van der Waals surface area contributed by atoms with E-state index in [1.165, 1.54) is 0 Å². The van der Waals surface area contributed by atoms with Gasteiger partial charge in [-0.15, -0.1) is 0 Å². The highest BCUT2D eigenvalue weighted by Gasteiger charge is 2.25. The molecule has 25 heavy (non-hydrogen) atoms. The van der Waals surface area contributed by atoms with Gasteiger partial charge in [-0.25, -0.2) is 4.98 Å². The molecule has 0 radical (unpaired) electrons. The van der Waals surface area contributed by atoms with Crippen LogP contribution in [0.5, 0.6) is 0 Å². The summed E-state index contributed by atoms with van der Waals surface area (Å²) in [6.45, 7) is 3.36. The Morgan fingerprint density at radius 3 is 2.84 bits per heavy atom. The zero-order valence-electron chi connectivity index (χ0n) is 13.7. The van der Waals surface area contributed by atoms with Crippen LogP contribution < -0.4 is 4.90 Å². The fraction of sp³-hybridized carbons (Fsp3) is 0.375. The number of nitrogens with zero attached hydrogens (tertiary/aromatic N) is 7. The zero-order chi connectivity index (χ0) is 17.1. The molecule has 130 valence electrons. The van der Waals surface area contributed by atoms with Crippen molar-refractivity contribution >= 4 is 5.95 Å². The van der Waals surface area contributed by atoms with Gasteiger partial charge in [0.2, 0.25) is 0 Å². The third kappa shape index (κ3) is 3.52. The van der Waals surface area contributed by atoms with Gasteiger partial charge in [-0.3, -0.25) is 4.90 Å². The molecule has 0 saturated carbocycles. The van der Waals surface area contributed by atoms with Crippen molar-refractivity contribution in [1.29, 1.82) is 0 Å². The number of anilines is 1. The van der Waals surface area contributed by atoms with Crippen molar-refractivity contribution in [3.05, 3.63) is 48.5 Å². The quantitative estimate of drug-likeness (QED) is 0.693. The molecule has 3 heterocycles. The minimum absolute atomic E-state index is 0.480. The molecule has 0 amide bonds. The van der Waals surface area contributed by atoms with Crippen molar-refractivity contribution in [3.63, 3.8) is 0 Å². The molecule has 0 aliphatic carbocycles. The molecular formula is C16H20N8O. The van der Waals surface area contributed by atoms with Crippen LogP contribution in [-0.2, 0) is 6.54 Å². The summed E-state index contributed by atoms with van der Waals surface area (Å²) in [5, 5.41) is 22.5. The second-order valence-electron chi connectivity index (χ2n) is 6.14. The number of aliphatic hydroxyl groups is 1. The first-order chi connectivity index (χ1) is 12.3. The maximum absolute atomic E-state index is 10.4. The summed E-state index contributed by atoms with van der Waals surface area (Å²) < 4.78 is 1.71. The number of tetrazole rings is 1. The van der Waals surface area contributed by atoms with Crippen LogP contribution in [0.15, 0.2) is 42.9 Å². The van der Waals surface area contributed by atoms with Crippen molar-refractivity contribution in [2.75, 3.05) is 31.1 Å². The largest absolute Gasteiger partial charge is 0.390 e. The third-order valence-electron chi connectivity index (χ3n) is 4.27. The average molecular weight is 340 g/mol. The Morgan fingerprint density at radius 1 is 1.16 bits per heavy atom. The summed E-state index contributed by atoms with van der Waals surface area (Å²) in [7, 11) is 0. The number of benzene rings is 1. The molecule has 0 bridgehead atoms. The van der Waals surface area contributed by atoms with E-state index in [9.17, 15) is 5.11 Å². The number of β-amino-alcohol motifs (C(OH)–C–C–N with tert-alkyl or cyclic N) is 1. The number of rotatable bonds is 4. The third-order valence-corrected chi connectivity index (χ3v) is 4.27. The monoisotopic (exact) mass is 340 g/mol. The number of nitrogens with one attached hydrogen (secondary N) is 1. The van der Waals surface area contributed by atoms with Gasteiger partial charge < -0.3 is 15.0 Å². The van der Waals surface area contributed by atoms with Gasteiger partial charge in [-0.05, 0) is 22.6 Å². The predicted molar refractivity (Wildman–Crippen MR) is 91.2 cm³/mol. The molecule has 1 aliphatic heterocycles. The molecular weight excluding hydrogens is 320 g/mol. The average Bonchev–Trinajstić information content (AvgIpc) is 3.27. The summed E-state index contributed by atoms with van der Waals surface area (Å²) in [5.74, 6) is 0.647. The lowest BCUT2D eigenvalue weighted by Crippen LogP contribution is -2.34. The Morgan fingerprint density at radius 2 is 2.04 bits per heavy atom. The van der Waals surface area contributed by atoms with Crippen LogP contribution in [0.1, 0.15) is 5.69 Å². The number of hydrogen-bond acceptors (Lipinski definition) is 7. The Hall–Kier alpha value is -2.78. The molecule has 4 rings (SSSR count). The minimum Gasteiger partial charge on any atom is -0.390 e. The first-order valence-corrected chi connectivity index (χ1v) is 8.26. The van der Waals surface area contributed by atoms with Gasteiger partial charge in [0, 0.05) is 44.6 Å². The smallest absolute Gasteiger partial charge is 0.250 e. The van der Waals surface area contributed by atoms with Crippen LogP contribution in [0.25, 0.3) is 5.69 Å². The van der Waals surface area contributed by atoms with Crippen LogP contribution in [0, 0.1) is 0 Å². The van der Waals surface area contributed by atoms with Crippen molar-refractivity contribution < 1.29 is 5.11 Å². The van der Waals surface area contributed by atoms with Crippen molar-refractivity contribution in [2.24, 2.45) is 0 Å². The van der Waals surface area contributed by atoms with E-state index in [1.807, 2.05) is 41.4 Å². The number of aromatic amines is 1. The SMILES string of the molecule is O[C@H]1CN(Cc2cnc[nH]2)CCN(c2nnnn2-c2ccccc2)C1. The molecule has 3 aromatic rings. The molecule has 2 N–H and O–H groups in total. The fourth-order valence-corrected chi connectivity index (χ4v) is 3.11. The number of aromatic nitrogens is 6. The normalized spacial score (nSPS) is 19.1. The van der Waals surface area contributed by atoms with E-state index in [0.717, 1.165) is 31.0 Å². The Labute approximate surface area is 144 Å². The van der Waals surface area contributed by atoms with Crippen molar-refractivity contribution in [3.8, 4) is 5.69 Å². The summed E-state index contributed by atoms with van der Waals surface area (Å²) in [4.78, 5) is 11.4. The standard InChI is InChI=1S/C16H20N8O/c25-15-10-22(9-13-8-17-12-18-13)6-7-23(11-15)16-19-20-21-24(16)14-4-2-1-3-5-14/h1-5,8,12,15,25H,6-7,9-11H2,(H,17,18)/t15-/m0/s1. The van der Waals surface area contributed by atoms with Crippen LogP contribution >= 0.6 is 0 Å². The van der Waals surface area contributed by atoms with E-state index < -0.39 is 6.10 Å². The molecule has 9 nitrogen and oxygen atoms in total. The Kier molecular flexibility index (Phi) is 4.40. The highest BCUT2D eigenvalue weighted by molar-refractivity contribution is 5.40. The first kappa shape index (κ1) is 15.7. The molecule has 1 aliphatic rings. The minimum atomic E-state index is -0.480. The topological polar surface area (TPSA) is 99.0 Å². The van der Waals surface area contributed by atoms with Crippen LogP contribution in [0.2, 0.25) is 0 Å². The number of aliphatic hydroxyl groups excluding tert-OH is 1. The van der Waals surface area contributed by atoms with Gasteiger partial charge in [-0.1, -0.05) is 23.3 Å². The molecule has 9 heteroatoms. The second-order valence-corrected chi connectivity index (χ2v) is 6.14. The van der Waals surface area contributed by atoms with E-state index in [0.29, 0.717) is 19.0 Å². The van der Waals surface area contributed by atoms with E-state index in [4.69, 9.17) is 0 Å². The number of para-hydroxylation sites is 1. The number of hydrogen-bond donors (Lipinski definition) is 2. The molecule has 1 fully saturated rings. The molecule has 1 aromatic carbocycles. The van der Waals surface area contributed by atoms with E-state index >= 15 is 0 Å². The highest BCUT2D eigenvalue weighted by atomic mass is 16.3. The lowest BCUT2D eigenvalue weighted by molar-refractivity contribution is 0.128. The van der Waals surface area contributed by atoms with Crippen LogP contribution in [0.4, 0.5) is 5.95 Å². The maximum Gasteiger partial charge on any atom is 0.250 e. The summed E-state index contributed by atoms with van der Waals surface area (Å²) in [5.41, 5.74) is 1.94. The van der Waals surface area contributed by atoms with Crippen molar-refractivity contribution in [1.82, 2.24) is 35.1 Å². The van der Waals surface area contributed by atoms with Crippen LogP contribution in [0.3, 0.4) is 0 Å². The first-order valence-electron chi connectivity index (χ1n) is 8.26. The van der Waals surface area contributed by atoms with Gasteiger partial charge in [0.25, 0.3) is 5.95 Å². The summed E-state index contributed by atoms with van der Waals surface area (Å²) in [6.07, 6.45) is 3.00. The maximum atomic E-state index is 10.4. The molecule has 0 unspecified atom stereocenters. The van der Waals surface area contributed by atoms with E-state index in [1.54, 1.807) is 11.0 Å². The van der Waals surface area contributed by atoms with Gasteiger partial charge in [0.15, 0.2) is 0 Å². The summed E-state index contributed by atoms with van der Waals surface area (Å²) in [6, 6.07) is 9.77. The van der Waals surface area contributed by atoms with Gasteiger partial charge in [-0.2, -0.15) is 4.68 Å². The number of imidazole rings is 1. The molecule has 1 atom stereocenters. The van der Waals surface area contributed by atoms with Gasteiger partial charge in [0.05, 0.1) is 18.1 Å². The summed E-state index contributed by atoms with van der Waals surface area (Å²) >= 11 is 0. The molecule has 0 spiro atoms. The van der Waals surface area contributed by atoms with Crippen molar-refractivity contribution in [2.45, 2.75) is 12.6 Å². The molecule has 2 aromatic heterocycles.